The summed E-state index contributed by atoms with van der Waals surface area (Å²) in [7, 11) is 1.29. The zero-order valence-electron chi connectivity index (χ0n) is 36.9. The third-order valence-corrected chi connectivity index (χ3v) is 11.4. The van der Waals surface area contributed by atoms with Crippen LogP contribution in [0.25, 0.3) is 0 Å². The third kappa shape index (κ3) is 41.0. The van der Waals surface area contributed by atoms with Crippen LogP contribution in [0.1, 0.15) is 213 Å². The number of hydrogen-bond donors (Lipinski definition) is 2. The predicted octanol–water partition coefficient (Wildman–Crippen LogP) is 12.3. The normalized spacial score (nSPS) is 14.5. The lowest BCUT2D eigenvalue weighted by atomic mass is 10.0. The second-order valence-electron chi connectivity index (χ2n) is 17.1. The lowest BCUT2D eigenvalue weighted by Crippen LogP contribution is -2.46. The molecule has 2 N–H and O–H groups in total. The number of quaternary nitrogens is 1. The number of rotatable bonds is 42. The standard InChI is InChI=1S/C46H91N2O6P/c1-6-8-10-12-14-16-18-19-20-21-22-23-24-25-26-27-28-29-30-32-34-36-38-40-46(50)47-44(43-54-55(51,52)53-42-41-48(3,4)5)45(49)39-37-35-33-31-17-15-13-11-9-7-2/h17,19-20,31,44-45,49H,6-16,18,21-30,32-43H2,1-5H3,(H-,47,50,51,52)/b20-19+,31-17+/t44-,45+/m0/s1. The number of aliphatic hydroxyl groups is 1. The first kappa shape index (κ1) is 54.0. The van der Waals surface area contributed by atoms with Crippen LogP contribution >= 0.6 is 7.82 Å². The fraction of sp³-hybridized carbons (Fsp3) is 0.891. The summed E-state index contributed by atoms with van der Waals surface area (Å²) in [6, 6.07) is -0.812. The van der Waals surface area contributed by atoms with E-state index in [1.807, 2.05) is 21.1 Å². The Morgan fingerprint density at radius 3 is 1.44 bits per heavy atom. The Balaban J connectivity index is 4.18. The summed E-state index contributed by atoms with van der Waals surface area (Å²) in [5, 5.41) is 13.8. The van der Waals surface area contributed by atoms with Crippen molar-refractivity contribution in [1.29, 1.82) is 0 Å². The molecule has 8 nitrogen and oxygen atoms in total. The second-order valence-corrected chi connectivity index (χ2v) is 18.5. The second kappa shape index (κ2) is 38.5. The van der Waals surface area contributed by atoms with Gasteiger partial charge in [-0.3, -0.25) is 9.36 Å². The molecule has 0 aliphatic heterocycles. The quantitative estimate of drug-likeness (QED) is 0.0276. The van der Waals surface area contributed by atoms with Gasteiger partial charge in [-0.15, -0.1) is 0 Å². The van der Waals surface area contributed by atoms with E-state index in [-0.39, 0.29) is 19.1 Å². The topological polar surface area (TPSA) is 108 Å². The molecule has 0 aromatic carbocycles. The van der Waals surface area contributed by atoms with Crippen LogP contribution in [0.3, 0.4) is 0 Å². The number of unbranched alkanes of at least 4 members (excludes halogenated alkanes) is 25. The summed E-state index contributed by atoms with van der Waals surface area (Å²) in [5.41, 5.74) is 0. The molecule has 0 saturated heterocycles. The fourth-order valence-corrected chi connectivity index (χ4v) is 7.40. The molecule has 1 amide bonds. The number of allylic oxidation sites excluding steroid dienone is 4. The van der Waals surface area contributed by atoms with E-state index in [0.717, 1.165) is 44.9 Å². The number of hydrogen-bond acceptors (Lipinski definition) is 6. The zero-order chi connectivity index (χ0) is 40.7. The van der Waals surface area contributed by atoms with Gasteiger partial charge in [0.15, 0.2) is 0 Å². The summed E-state index contributed by atoms with van der Waals surface area (Å²) in [5.74, 6) is -0.176. The molecule has 0 saturated carbocycles. The number of carbonyl (C=O) groups is 1. The van der Waals surface area contributed by atoms with Crippen molar-refractivity contribution in [3.05, 3.63) is 24.3 Å². The summed E-state index contributed by atoms with van der Waals surface area (Å²) < 4.78 is 23.2. The molecule has 1 unspecified atom stereocenters. The van der Waals surface area contributed by atoms with E-state index in [4.69, 9.17) is 9.05 Å². The van der Waals surface area contributed by atoms with Gasteiger partial charge in [-0.2, -0.15) is 0 Å². The third-order valence-electron chi connectivity index (χ3n) is 10.4. The van der Waals surface area contributed by atoms with Crippen LogP contribution in [0.4, 0.5) is 0 Å². The van der Waals surface area contributed by atoms with Gasteiger partial charge in [0.2, 0.25) is 5.91 Å². The van der Waals surface area contributed by atoms with Gasteiger partial charge in [0, 0.05) is 6.42 Å². The Labute approximate surface area is 341 Å². The van der Waals surface area contributed by atoms with Gasteiger partial charge in [-0.1, -0.05) is 167 Å². The van der Waals surface area contributed by atoms with Gasteiger partial charge >= 0.3 is 0 Å². The Kier molecular flexibility index (Phi) is 37.8. The minimum Gasteiger partial charge on any atom is -0.756 e. The smallest absolute Gasteiger partial charge is 0.268 e. The van der Waals surface area contributed by atoms with Crippen LogP contribution in [0.2, 0.25) is 0 Å². The van der Waals surface area contributed by atoms with Crippen molar-refractivity contribution < 1.29 is 32.9 Å². The number of phosphoric ester groups is 1. The van der Waals surface area contributed by atoms with Crippen molar-refractivity contribution >= 4 is 13.7 Å². The number of carbonyl (C=O) groups excluding carboxylic acids is 1. The minimum absolute atomic E-state index is 0.00777. The van der Waals surface area contributed by atoms with Crippen LogP contribution in [0, 0.1) is 0 Å². The van der Waals surface area contributed by atoms with Crippen molar-refractivity contribution in [3.8, 4) is 0 Å². The molecule has 0 aromatic rings. The molecule has 0 fully saturated rings. The number of nitrogens with zero attached hydrogens (tertiary/aromatic N) is 1. The molecule has 326 valence electrons. The molecule has 0 radical (unpaired) electrons. The van der Waals surface area contributed by atoms with Gasteiger partial charge in [-0.25, -0.2) is 0 Å². The average molecular weight is 799 g/mol. The largest absolute Gasteiger partial charge is 0.756 e. The molecule has 55 heavy (non-hydrogen) atoms. The average Bonchev–Trinajstić information content (AvgIpc) is 3.13. The summed E-state index contributed by atoms with van der Waals surface area (Å²) in [4.78, 5) is 25.3. The first-order valence-electron chi connectivity index (χ1n) is 23.2. The van der Waals surface area contributed by atoms with E-state index >= 15 is 0 Å². The summed E-state index contributed by atoms with van der Waals surface area (Å²) in [6.07, 6.45) is 44.8. The number of amides is 1. The van der Waals surface area contributed by atoms with E-state index in [2.05, 4.69) is 43.5 Å². The van der Waals surface area contributed by atoms with Crippen molar-refractivity contribution in [2.45, 2.75) is 225 Å². The molecule has 0 aliphatic carbocycles. The Bertz CT molecular complexity index is 953. The molecule has 0 heterocycles. The van der Waals surface area contributed by atoms with Gasteiger partial charge in [-0.05, 0) is 64.2 Å². The first-order valence-corrected chi connectivity index (χ1v) is 24.6. The zero-order valence-corrected chi connectivity index (χ0v) is 37.8. The summed E-state index contributed by atoms with van der Waals surface area (Å²) >= 11 is 0. The predicted molar refractivity (Wildman–Crippen MR) is 233 cm³/mol. The molecule has 9 heteroatoms. The van der Waals surface area contributed by atoms with E-state index in [1.54, 1.807) is 0 Å². The molecular weight excluding hydrogens is 707 g/mol. The number of likely N-dealkylation sites (N-methyl/N-ethyl adjacent to an activating group) is 1. The lowest BCUT2D eigenvalue weighted by Gasteiger charge is -2.30. The lowest BCUT2D eigenvalue weighted by molar-refractivity contribution is -0.870. The molecule has 0 aromatic heterocycles. The number of phosphoric acid groups is 1. The van der Waals surface area contributed by atoms with E-state index in [1.165, 1.54) is 141 Å². The molecule has 0 spiro atoms. The first-order chi connectivity index (χ1) is 26.5. The highest BCUT2D eigenvalue weighted by molar-refractivity contribution is 7.45. The minimum atomic E-state index is -4.56. The molecule has 3 atom stereocenters. The van der Waals surface area contributed by atoms with Gasteiger partial charge in [0.05, 0.1) is 39.9 Å². The SMILES string of the molecule is CCCCCC/C=C/CCCC[C@@H](O)[C@H](COP(=O)([O-])OCC[N+](C)(C)C)NC(=O)CCCCCCCCCCCCCCC/C=C/CCCCCCCC. The van der Waals surface area contributed by atoms with Crippen molar-refractivity contribution in [2.75, 3.05) is 40.9 Å². The van der Waals surface area contributed by atoms with Crippen LogP contribution < -0.4 is 10.2 Å². The molecule has 0 bridgehead atoms. The Hall–Kier alpha value is -1.02. The van der Waals surface area contributed by atoms with Crippen LogP contribution in [0.5, 0.6) is 0 Å². The molecule has 0 rings (SSSR count). The van der Waals surface area contributed by atoms with Gasteiger partial charge in [0.25, 0.3) is 7.82 Å². The number of aliphatic hydroxyl groups excluding tert-OH is 1. The van der Waals surface area contributed by atoms with E-state index in [0.29, 0.717) is 23.9 Å². The van der Waals surface area contributed by atoms with E-state index < -0.39 is 20.0 Å². The maximum atomic E-state index is 12.9. The molecular formula is C46H91N2O6P. The Morgan fingerprint density at radius 1 is 0.618 bits per heavy atom. The maximum Gasteiger partial charge on any atom is 0.268 e. The highest BCUT2D eigenvalue weighted by atomic mass is 31.2. The monoisotopic (exact) mass is 799 g/mol. The van der Waals surface area contributed by atoms with Crippen LogP contribution in [-0.4, -0.2) is 68.5 Å². The maximum absolute atomic E-state index is 12.9. The Morgan fingerprint density at radius 2 is 1.00 bits per heavy atom. The summed E-state index contributed by atoms with van der Waals surface area (Å²) in [6.45, 7) is 4.67. The highest BCUT2D eigenvalue weighted by Crippen LogP contribution is 2.38. The molecule has 0 aliphatic rings. The van der Waals surface area contributed by atoms with Crippen molar-refractivity contribution in [2.24, 2.45) is 0 Å². The van der Waals surface area contributed by atoms with Crippen LogP contribution in [-0.2, 0) is 18.4 Å². The number of nitrogens with one attached hydrogen (secondary N) is 1. The fourth-order valence-electron chi connectivity index (χ4n) is 6.68. The van der Waals surface area contributed by atoms with Crippen LogP contribution in [0.15, 0.2) is 24.3 Å². The highest BCUT2D eigenvalue weighted by Gasteiger charge is 2.24. The van der Waals surface area contributed by atoms with Gasteiger partial charge in [0.1, 0.15) is 13.2 Å². The van der Waals surface area contributed by atoms with Crippen molar-refractivity contribution in [3.63, 3.8) is 0 Å². The van der Waals surface area contributed by atoms with Crippen molar-refractivity contribution in [1.82, 2.24) is 5.32 Å². The van der Waals surface area contributed by atoms with E-state index in [9.17, 15) is 19.4 Å². The van der Waals surface area contributed by atoms with Gasteiger partial charge < -0.3 is 28.8 Å².